The summed E-state index contributed by atoms with van der Waals surface area (Å²) in [7, 11) is 0. The van der Waals surface area contributed by atoms with Crippen molar-refractivity contribution in [3.8, 4) is 5.75 Å². The van der Waals surface area contributed by atoms with Crippen molar-refractivity contribution in [3.63, 3.8) is 0 Å². The summed E-state index contributed by atoms with van der Waals surface area (Å²) in [4.78, 5) is 13.6. The fourth-order valence-corrected chi connectivity index (χ4v) is 2.48. The first kappa shape index (κ1) is 16.5. The van der Waals surface area contributed by atoms with Crippen LogP contribution in [0.25, 0.3) is 0 Å². The number of nitrogens with zero attached hydrogens (tertiary/aromatic N) is 1. The van der Waals surface area contributed by atoms with E-state index in [1.807, 2.05) is 13.8 Å². The zero-order valence-electron chi connectivity index (χ0n) is 13.0. The third-order valence-corrected chi connectivity index (χ3v) is 3.71. The molecular weight excluding hydrogens is 287 g/mol. The Hall–Kier alpha value is -1.82. The van der Waals surface area contributed by atoms with Crippen molar-refractivity contribution in [1.82, 2.24) is 10.2 Å². The van der Waals surface area contributed by atoms with Crippen molar-refractivity contribution >= 4 is 6.09 Å². The second-order valence-corrected chi connectivity index (χ2v) is 5.34. The van der Waals surface area contributed by atoms with E-state index in [2.05, 4.69) is 10.2 Å². The summed E-state index contributed by atoms with van der Waals surface area (Å²) in [5.41, 5.74) is 0. The molecule has 0 spiro atoms. The number of carbonyl (C=O) groups is 1. The molecule has 0 bridgehead atoms. The maximum absolute atomic E-state index is 12.9. The van der Waals surface area contributed by atoms with Gasteiger partial charge in [0, 0.05) is 19.6 Å². The first-order valence-electron chi connectivity index (χ1n) is 7.69. The number of ether oxygens (including phenoxy) is 2. The number of hydrogen-bond acceptors (Lipinski definition) is 4. The van der Waals surface area contributed by atoms with Gasteiger partial charge in [0.05, 0.1) is 0 Å². The predicted molar refractivity (Wildman–Crippen MR) is 81.2 cm³/mol. The summed E-state index contributed by atoms with van der Waals surface area (Å²) < 4.78 is 24.0. The van der Waals surface area contributed by atoms with Crippen molar-refractivity contribution in [3.05, 3.63) is 30.1 Å². The van der Waals surface area contributed by atoms with E-state index in [0.717, 1.165) is 25.9 Å². The third-order valence-electron chi connectivity index (χ3n) is 3.71. The van der Waals surface area contributed by atoms with E-state index >= 15 is 0 Å². The summed E-state index contributed by atoms with van der Waals surface area (Å²) in [6, 6.07) is 6.01. The number of benzene rings is 1. The molecule has 1 aromatic carbocycles. The molecule has 0 aliphatic carbocycles. The topological polar surface area (TPSA) is 50.8 Å². The molecule has 1 amide bonds. The van der Waals surface area contributed by atoms with Crippen LogP contribution in [0.5, 0.6) is 5.75 Å². The highest BCUT2D eigenvalue weighted by Gasteiger charge is 2.25. The van der Waals surface area contributed by atoms with Gasteiger partial charge in [0.25, 0.3) is 0 Å². The number of piperidine rings is 1. The van der Waals surface area contributed by atoms with Gasteiger partial charge in [0.15, 0.2) is 0 Å². The standard InChI is InChI=1S/C16H23FN2O3/c1-3-18-16(20)22-15-8-10-19(11-9-15)12(2)21-14-6-4-13(17)5-7-14/h4-7,12,15H,3,8-11H2,1-2H3,(H,18,20). The molecule has 1 saturated heterocycles. The van der Waals surface area contributed by atoms with Gasteiger partial charge in [0.2, 0.25) is 0 Å². The number of rotatable bonds is 5. The molecule has 2 rings (SSSR count). The van der Waals surface area contributed by atoms with E-state index in [1.54, 1.807) is 12.1 Å². The van der Waals surface area contributed by atoms with Gasteiger partial charge in [-0.3, -0.25) is 4.90 Å². The van der Waals surface area contributed by atoms with Gasteiger partial charge in [-0.05, 0) is 51.0 Å². The lowest BCUT2D eigenvalue weighted by Crippen LogP contribution is -2.45. The van der Waals surface area contributed by atoms with Crippen LogP contribution in [0.3, 0.4) is 0 Å². The third kappa shape index (κ3) is 4.87. The highest BCUT2D eigenvalue weighted by atomic mass is 19.1. The summed E-state index contributed by atoms with van der Waals surface area (Å²) >= 11 is 0. The summed E-state index contributed by atoms with van der Waals surface area (Å²) in [6.45, 7) is 5.99. The molecule has 0 radical (unpaired) electrons. The van der Waals surface area contributed by atoms with E-state index in [0.29, 0.717) is 12.3 Å². The highest BCUT2D eigenvalue weighted by molar-refractivity contribution is 5.67. The Labute approximate surface area is 130 Å². The van der Waals surface area contributed by atoms with Crippen LogP contribution in [0.1, 0.15) is 26.7 Å². The minimum atomic E-state index is -0.350. The number of carbonyl (C=O) groups excluding carboxylic acids is 1. The molecule has 0 saturated carbocycles. The first-order valence-corrected chi connectivity index (χ1v) is 7.69. The quantitative estimate of drug-likeness (QED) is 0.908. The van der Waals surface area contributed by atoms with Gasteiger partial charge in [0.1, 0.15) is 23.9 Å². The normalized spacial score (nSPS) is 17.8. The van der Waals surface area contributed by atoms with Crippen LogP contribution in [-0.2, 0) is 4.74 Å². The molecule has 6 heteroatoms. The lowest BCUT2D eigenvalue weighted by atomic mass is 10.1. The molecule has 1 heterocycles. The summed E-state index contributed by atoms with van der Waals surface area (Å²) in [6.07, 6.45) is 1.08. The van der Waals surface area contributed by atoms with Crippen LogP contribution in [0.15, 0.2) is 24.3 Å². The summed E-state index contributed by atoms with van der Waals surface area (Å²) in [5.74, 6) is 0.373. The lowest BCUT2D eigenvalue weighted by molar-refractivity contribution is -0.0126. The smallest absolute Gasteiger partial charge is 0.407 e. The maximum atomic E-state index is 12.9. The fourth-order valence-electron chi connectivity index (χ4n) is 2.48. The molecule has 122 valence electrons. The molecule has 0 aromatic heterocycles. The monoisotopic (exact) mass is 310 g/mol. The zero-order valence-corrected chi connectivity index (χ0v) is 13.0. The number of likely N-dealkylation sites (tertiary alicyclic amines) is 1. The fraction of sp³-hybridized carbons (Fsp3) is 0.562. The molecule has 1 atom stereocenters. The Morgan fingerprint density at radius 3 is 2.59 bits per heavy atom. The summed E-state index contributed by atoms with van der Waals surface area (Å²) in [5, 5.41) is 2.63. The Bertz CT molecular complexity index is 473. The molecule has 1 aliphatic heterocycles. The number of nitrogens with one attached hydrogen (secondary N) is 1. The van der Waals surface area contributed by atoms with E-state index in [9.17, 15) is 9.18 Å². The lowest BCUT2D eigenvalue weighted by Gasteiger charge is -2.35. The predicted octanol–water partition coefficient (Wildman–Crippen LogP) is 2.76. The van der Waals surface area contributed by atoms with Crippen LogP contribution in [0.2, 0.25) is 0 Å². The van der Waals surface area contributed by atoms with Gasteiger partial charge >= 0.3 is 6.09 Å². The highest BCUT2D eigenvalue weighted by Crippen LogP contribution is 2.19. The van der Waals surface area contributed by atoms with E-state index in [4.69, 9.17) is 9.47 Å². The van der Waals surface area contributed by atoms with Gasteiger partial charge in [-0.1, -0.05) is 0 Å². The molecule has 22 heavy (non-hydrogen) atoms. The van der Waals surface area contributed by atoms with Crippen molar-refractivity contribution in [2.75, 3.05) is 19.6 Å². The van der Waals surface area contributed by atoms with Crippen LogP contribution in [0, 0.1) is 5.82 Å². The van der Waals surface area contributed by atoms with Crippen LogP contribution in [-0.4, -0.2) is 43.0 Å². The van der Waals surface area contributed by atoms with E-state index < -0.39 is 0 Å². The molecule has 1 unspecified atom stereocenters. The van der Waals surface area contributed by atoms with Crippen LogP contribution >= 0.6 is 0 Å². The Morgan fingerprint density at radius 2 is 2.00 bits per heavy atom. The van der Waals surface area contributed by atoms with Crippen molar-refractivity contribution in [1.29, 1.82) is 0 Å². The molecule has 5 nitrogen and oxygen atoms in total. The van der Waals surface area contributed by atoms with E-state index in [-0.39, 0.29) is 24.2 Å². The van der Waals surface area contributed by atoms with Gasteiger partial charge < -0.3 is 14.8 Å². The Morgan fingerprint density at radius 1 is 1.36 bits per heavy atom. The second kappa shape index (κ2) is 7.98. The molecule has 1 N–H and O–H groups in total. The van der Waals surface area contributed by atoms with Gasteiger partial charge in [-0.25, -0.2) is 9.18 Å². The minimum absolute atomic E-state index is 0.0409. The number of halogens is 1. The minimum Gasteiger partial charge on any atom is -0.475 e. The largest absolute Gasteiger partial charge is 0.475 e. The zero-order chi connectivity index (χ0) is 15.9. The molecule has 1 fully saturated rings. The number of hydrogen-bond donors (Lipinski definition) is 1. The molecule has 1 aromatic rings. The molecule has 1 aliphatic rings. The van der Waals surface area contributed by atoms with Crippen molar-refractivity contribution in [2.45, 2.75) is 39.0 Å². The second-order valence-electron chi connectivity index (χ2n) is 5.34. The van der Waals surface area contributed by atoms with Crippen LogP contribution < -0.4 is 10.1 Å². The van der Waals surface area contributed by atoms with E-state index in [1.165, 1.54) is 12.1 Å². The number of alkyl carbamates (subject to hydrolysis) is 1. The SMILES string of the molecule is CCNC(=O)OC1CCN(C(C)Oc2ccc(F)cc2)CC1. The Kier molecular flexibility index (Phi) is 6.00. The van der Waals surface area contributed by atoms with Gasteiger partial charge in [-0.15, -0.1) is 0 Å². The first-order chi connectivity index (χ1) is 10.6. The maximum Gasteiger partial charge on any atom is 0.407 e. The number of amides is 1. The molecular formula is C16H23FN2O3. The van der Waals surface area contributed by atoms with Crippen molar-refractivity contribution < 1.29 is 18.7 Å². The van der Waals surface area contributed by atoms with Crippen LogP contribution in [0.4, 0.5) is 9.18 Å². The van der Waals surface area contributed by atoms with Gasteiger partial charge in [-0.2, -0.15) is 0 Å². The van der Waals surface area contributed by atoms with Crippen molar-refractivity contribution in [2.24, 2.45) is 0 Å². The average Bonchev–Trinajstić information content (AvgIpc) is 2.50. The Balaban J connectivity index is 1.76. The average molecular weight is 310 g/mol.